The minimum absolute atomic E-state index is 0.0118. The number of hydrogen-bond donors (Lipinski definition) is 0. The van der Waals surface area contributed by atoms with Crippen molar-refractivity contribution in [2.45, 2.75) is 63.8 Å². The molecule has 2 aliphatic rings. The molecular weight excluding hydrogens is 387 g/mol. The van der Waals surface area contributed by atoms with Gasteiger partial charge in [-0.15, -0.1) is 0 Å². The van der Waals surface area contributed by atoms with Gasteiger partial charge in [-0.3, -0.25) is 4.99 Å². The average Bonchev–Trinajstić information content (AvgIpc) is 2.80. The summed E-state index contributed by atoms with van der Waals surface area (Å²) in [5.74, 6) is 0.208. The van der Waals surface area contributed by atoms with Crippen LogP contribution in [0.5, 0.6) is 0 Å². The van der Waals surface area contributed by atoms with Crippen molar-refractivity contribution in [1.29, 1.82) is 0 Å². The third-order valence-electron chi connectivity index (χ3n) is 4.12. The molecule has 1 saturated heterocycles. The lowest BCUT2D eigenvalue weighted by molar-refractivity contribution is 0.371. The normalized spacial score (nSPS) is 27.2. The second kappa shape index (κ2) is 8.08. The van der Waals surface area contributed by atoms with Crippen LogP contribution in [-0.4, -0.2) is 41.3 Å². The Bertz CT molecular complexity index is 426. The van der Waals surface area contributed by atoms with E-state index in [4.69, 9.17) is 0 Å². The van der Waals surface area contributed by atoms with Crippen LogP contribution in [0.4, 0.5) is 0 Å². The van der Waals surface area contributed by atoms with Crippen LogP contribution in [0.1, 0.15) is 57.8 Å². The molecule has 0 N–H and O–H groups in total. The van der Waals surface area contributed by atoms with Crippen molar-refractivity contribution >= 4 is 36.3 Å². The monoisotopic (exact) mass is 412 g/mol. The van der Waals surface area contributed by atoms with Gasteiger partial charge in [0, 0.05) is 13.1 Å². The maximum atomic E-state index is 12.6. The van der Waals surface area contributed by atoms with Gasteiger partial charge in [-0.1, -0.05) is 32.1 Å². The van der Waals surface area contributed by atoms with E-state index < -0.39 is 10.0 Å². The first-order chi connectivity index (χ1) is 9.58. The lowest BCUT2D eigenvalue weighted by Crippen LogP contribution is -2.37. The van der Waals surface area contributed by atoms with Crippen molar-refractivity contribution in [1.82, 2.24) is 4.31 Å². The van der Waals surface area contributed by atoms with Crippen molar-refractivity contribution in [3.05, 3.63) is 0 Å². The number of hydrogen-bond acceptors (Lipinski definition) is 3. The van der Waals surface area contributed by atoms with E-state index in [2.05, 4.69) is 27.6 Å². The molecule has 116 valence electrons. The van der Waals surface area contributed by atoms with Crippen molar-refractivity contribution in [2.75, 3.05) is 18.8 Å². The van der Waals surface area contributed by atoms with Gasteiger partial charge in [0.1, 0.15) is 0 Å². The predicted octanol–water partition coefficient (Wildman–Crippen LogP) is 3.36. The van der Waals surface area contributed by atoms with Gasteiger partial charge in [-0.2, -0.15) is 0 Å². The van der Waals surface area contributed by atoms with Crippen LogP contribution in [0.2, 0.25) is 0 Å². The molecule has 1 fully saturated rings. The molecule has 1 unspecified atom stereocenters. The molecule has 4 nitrogen and oxygen atoms in total. The Balaban J connectivity index is 1.94. The van der Waals surface area contributed by atoms with Crippen molar-refractivity contribution in [3.63, 3.8) is 0 Å². The molecule has 2 aliphatic heterocycles. The molecule has 2 rings (SSSR count). The molecular formula is C14H25IN2O2S. The first kappa shape index (κ1) is 16.7. The van der Waals surface area contributed by atoms with Crippen LogP contribution in [-0.2, 0) is 10.0 Å². The summed E-state index contributed by atoms with van der Waals surface area (Å²) < 4.78 is 27.9. The zero-order valence-electron chi connectivity index (χ0n) is 12.1. The van der Waals surface area contributed by atoms with Crippen molar-refractivity contribution < 1.29 is 8.42 Å². The lowest BCUT2D eigenvalue weighted by Gasteiger charge is -2.24. The Labute approximate surface area is 136 Å². The Morgan fingerprint density at radius 2 is 1.60 bits per heavy atom. The van der Waals surface area contributed by atoms with E-state index in [1.807, 2.05) is 0 Å². The molecule has 0 aliphatic carbocycles. The molecule has 0 aromatic carbocycles. The smallest absolute Gasteiger partial charge is 0.216 e. The highest BCUT2D eigenvalue weighted by Gasteiger charge is 2.28. The van der Waals surface area contributed by atoms with Gasteiger partial charge in [0.2, 0.25) is 10.0 Å². The van der Waals surface area contributed by atoms with E-state index >= 15 is 0 Å². The van der Waals surface area contributed by atoms with E-state index in [9.17, 15) is 8.42 Å². The van der Waals surface area contributed by atoms with Crippen molar-refractivity contribution in [2.24, 2.45) is 4.99 Å². The Hall–Kier alpha value is 0.310. The van der Waals surface area contributed by atoms with Crippen LogP contribution in [0.25, 0.3) is 0 Å². The van der Waals surface area contributed by atoms with Gasteiger partial charge in [0.05, 0.1) is 15.5 Å². The van der Waals surface area contributed by atoms with Crippen LogP contribution in [0.15, 0.2) is 4.99 Å². The van der Waals surface area contributed by atoms with E-state index in [0.717, 1.165) is 42.2 Å². The van der Waals surface area contributed by atoms with Gasteiger partial charge in [0.25, 0.3) is 0 Å². The second-order valence-corrected chi connectivity index (χ2v) is 9.11. The third kappa shape index (κ3) is 5.26. The minimum atomic E-state index is -3.13. The minimum Gasteiger partial charge on any atom is -0.279 e. The first-order valence-corrected chi connectivity index (χ1v) is 10.5. The highest BCUT2D eigenvalue weighted by Crippen LogP contribution is 2.21. The molecule has 0 amide bonds. The lowest BCUT2D eigenvalue weighted by atomic mass is 10.1. The van der Waals surface area contributed by atoms with E-state index in [1.54, 1.807) is 4.31 Å². The Morgan fingerprint density at radius 1 is 1.05 bits per heavy atom. The Morgan fingerprint density at radius 3 is 2.10 bits per heavy atom. The summed E-state index contributed by atoms with van der Waals surface area (Å²) in [5.41, 5.74) is 0. The molecule has 0 aromatic rings. The summed E-state index contributed by atoms with van der Waals surface area (Å²) in [4.78, 5) is 4.44. The highest BCUT2D eigenvalue weighted by atomic mass is 127. The van der Waals surface area contributed by atoms with Crippen LogP contribution < -0.4 is 0 Å². The van der Waals surface area contributed by atoms with Crippen LogP contribution in [0.3, 0.4) is 0 Å². The van der Waals surface area contributed by atoms with Gasteiger partial charge >= 0.3 is 0 Å². The predicted molar refractivity (Wildman–Crippen MR) is 92.2 cm³/mol. The number of sulfonamides is 1. The SMILES string of the molecule is O=S(=O)(CC1CCC(I)=N1)N1CCCCCCCCC1. The fraction of sp³-hybridized carbons (Fsp3) is 0.929. The topological polar surface area (TPSA) is 49.7 Å². The summed E-state index contributed by atoms with van der Waals surface area (Å²) in [6.45, 7) is 1.41. The maximum Gasteiger partial charge on any atom is 0.216 e. The van der Waals surface area contributed by atoms with Crippen molar-refractivity contribution in [3.8, 4) is 0 Å². The van der Waals surface area contributed by atoms with E-state index in [0.29, 0.717) is 13.1 Å². The summed E-state index contributed by atoms with van der Waals surface area (Å²) in [5, 5.41) is 0. The quantitative estimate of drug-likeness (QED) is 0.668. The van der Waals surface area contributed by atoms with Gasteiger partial charge in [-0.25, -0.2) is 12.7 Å². The second-order valence-electron chi connectivity index (χ2n) is 5.85. The molecule has 0 radical (unpaired) electrons. The first-order valence-electron chi connectivity index (χ1n) is 7.78. The standard InChI is InChI=1S/C14H25IN2O2S/c15-14-9-8-13(16-14)12-20(18,19)17-10-6-4-2-1-3-5-7-11-17/h13H,1-12H2. The highest BCUT2D eigenvalue weighted by molar-refractivity contribution is 14.1. The van der Waals surface area contributed by atoms with Crippen LogP contribution >= 0.6 is 22.6 Å². The third-order valence-corrected chi connectivity index (χ3v) is 6.89. The van der Waals surface area contributed by atoms with Gasteiger partial charge < -0.3 is 0 Å². The molecule has 0 saturated carbocycles. The molecule has 1 atom stereocenters. The van der Waals surface area contributed by atoms with E-state index in [1.165, 1.54) is 19.3 Å². The molecule has 6 heteroatoms. The summed E-state index contributed by atoms with van der Waals surface area (Å²) in [6, 6.07) is -0.0118. The zero-order chi connectivity index (χ0) is 14.4. The molecule has 0 bridgehead atoms. The summed E-state index contributed by atoms with van der Waals surface area (Å²) in [7, 11) is -3.13. The molecule has 2 heterocycles. The van der Waals surface area contributed by atoms with Gasteiger partial charge in [0.15, 0.2) is 0 Å². The fourth-order valence-corrected chi connectivity index (χ4v) is 5.39. The summed E-state index contributed by atoms with van der Waals surface area (Å²) >= 11 is 2.22. The van der Waals surface area contributed by atoms with Crippen LogP contribution in [0, 0.1) is 0 Å². The number of aliphatic imine (C=N–C) groups is 1. The number of rotatable bonds is 3. The molecule has 0 spiro atoms. The zero-order valence-corrected chi connectivity index (χ0v) is 15.0. The average molecular weight is 412 g/mol. The molecule has 20 heavy (non-hydrogen) atoms. The molecule has 0 aromatic heterocycles. The Kier molecular flexibility index (Phi) is 6.74. The largest absolute Gasteiger partial charge is 0.279 e. The summed E-state index contributed by atoms with van der Waals surface area (Å²) in [6.07, 6.45) is 9.97. The maximum absolute atomic E-state index is 12.6. The van der Waals surface area contributed by atoms with Gasteiger partial charge in [-0.05, 0) is 48.3 Å². The number of nitrogens with zero attached hydrogens (tertiary/aromatic N) is 2. The fourth-order valence-electron chi connectivity index (χ4n) is 2.93. The number of halogens is 1. The van der Waals surface area contributed by atoms with E-state index in [-0.39, 0.29) is 11.8 Å².